The number of hydrogen-bond donors (Lipinski definition) is 1. The average Bonchev–Trinajstić information content (AvgIpc) is 2.54. The molecule has 0 heterocycles. The van der Waals surface area contributed by atoms with Gasteiger partial charge in [-0.2, -0.15) is 0 Å². The fraction of sp³-hybridized carbons (Fsp3) is 0.350. The largest absolute Gasteiger partial charge is 0.496 e. The minimum atomic E-state index is -0.124. The number of benzene rings is 2. The first kappa shape index (κ1) is 17.9. The van der Waals surface area contributed by atoms with Crippen molar-refractivity contribution in [2.45, 2.75) is 27.2 Å². The van der Waals surface area contributed by atoms with E-state index in [1.807, 2.05) is 51.1 Å². The van der Waals surface area contributed by atoms with Gasteiger partial charge in [0.25, 0.3) is 5.91 Å². The van der Waals surface area contributed by atoms with E-state index in [2.05, 4.69) is 11.4 Å². The number of carbonyl (C=O) groups excluding carboxylic acids is 1. The predicted octanol–water partition coefficient (Wildman–Crippen LogP) is 3.36. The van der Waals surface area contributed by atoms with Gasteiger partial charge in [-0.3, -0.25) is 4.79 Å². The Hall–Kier alpha value is -2.49. The summed E-state index contributed by atoms with van der Waals surface area (Å²) < 4.78 is 10.9. The van der Waals surface area contributed by atoms with Crippen LogP contribution in [0.2, 0.25) is 0 Å². The first-order valence-corrected chi connectivity index (χ1v) is 8.10. The summed E-state index contributed by atoms with van der Waals surface area (Å²) in [5.41, 5.74) is 4.48. The summed E-state index contributed by atoms with van der Waals surface area (Å²) in [7, 11) is 1.66. The third-order valence-corrected chi connectivity index (χ3v) is 3.84. The molecule has 0 saturated carbocycles. The zero-order chi connectivity index (χ0) is 17.5. The number of amides is 1. The average molecular weight is 327 g/mol. The number of hydrogen-bond acceptors (Lipinski definition) is 3. The van der Waals surface area contributed by atoms with E-state index < -0.39 is 0 Å². The maximum absolute atomic E-state index is 11.9. The number of rotatable bonds is 7. The summed E-state index contributed by atoms with van der Waals surface area (Å²) in [6.45, 7) is 6.62. The number of methoxy groups -OCH3 is 1. The van der Waals surface area contributed by atoms with Gasteiger partial charge in [-0.05, 0) is 50.5 Å². The zero-order valence-corrected chi connectivity index (χ0v) is 14.8. The van der Waals surface area contributed by atoms with Gasteiger partial charge >= 0.3 is 0 Å². The van der Waals surface area contributed by atoms with E-state index in [4.69, 9.17) is 9.47 Å². The molecule has 0 saturated heterocycles. The highest BCUT2D eigenvalue weighted by Gasteiger charge is 2.07. The van der Waals surface area contributed by atoms with Gasteiger partial charge in [0.2, 0.25) is 0 Å². The monoisotopic (exact) mass is 327 g/mol. The van der Waals surface area contributed by atoms with E-state index in [0.29, 0.717) is 6.54 Å². The first-order valence-electron chi connectivity index (χ1n) is 8.10. The Balaban J connectivity index is 1.80. The zero-order valence-electron chi connectivity index (χ0n) is 14.8. The fourth-order valence-corrected chi connectivity index (χ4v) is 2.59. The molecule has 0 fully saturated rings. The van der Waals surface area contributed by atoms with Gasteiger partial charge in [0.1, 0.15) is 11.5 Å². The van der Waals surface area contributed by atoms with Crippen LogP contribution in [-0.2, 0) is 11.2 Å². The lowest BCUT2D eigenvalue weighted by molar-refractivity contribution is -0.123. The molecular formula is C20H25NO3. The van der Waals surface area contributed by atoms with Gasteiger partial charge in [0.15, 0.2) is 6.61 Å². The van der Waals surface area contributed by atoms with Crippen LogP contribution in [0, 0.1) is 20.8 Å². The summed E-state index contributed by atoms with van der Waals surface area (Å²) in [6.07, 6.45) is 0.722. The van der Waals surface area contributed by atoms with Crippen molar-refractivity contribution in [3.63, 3.8) is 0 Å². The summed E-state index contributed by atoms with van der Waals surface area (Å²) >= 11 is 0. The lowest BCUT2D eigenvalue weighted by atomic mass is 10.1. The topological polar surface area (TPSA) is 47.6 Å². The summed E-state index contributed by atoms with van der Waals surface area (Å²) in [6, 6.07) is 12.0. The summed E-state index contributed by atoms with van der Waals surface area (Å²) in [4.78, 5) is 11.9. The van der Waals surface area contributed by atoms with Crippen LogP contribution in [0.4, 0.5) is 0 Å². The molecule has 0 spiro atoms. The molecule has 2 aromatic rings. The van der Waals surface area contributed by atoms with E-state index in [-0.39, 0.29) is 12.5 Å². The van der Waals surface area contributed by atoms with Crippen LogP contribution in [0.25, 0.3) is 0 Å². The second-order valence-electron chi connectivity index (χ2n) is 5.97. The van der Waals surface area contributed by atoms with Crippen molar-refractivity contribution in [3.05, 3.63) is 58.7 Å². The SMILES string of the molecule is COc1ccc(C)cc1CCNC(=O)COc1ccc(C)cc1C. The number of ether oxygens (including phenoxy) is 2. The second-order valence-corrected chi connectivity index (χ2v) is 5.97. The van der Waals surface area contributed by atoms with E-state index in [1.165, 1.54) is 11.1 Å². The Bertz CT molecular complexity index is 710. The van der Waals surface area contributed by atoms with Crippen LogP contribution in [0.5, 0.6) is 11.5 Å². The molecule has 0 aliphatic carbocycles. The molecule has 0 aliphatic heterocycles. The van der Waals surface area contributed by atoms with Crippen molar-refractivity contribution in [1.82, 2.24) is 5.32 Å². The molecule has 0 bridgehead atoms. The molecular weight excluding hydrogens is 302 g/mol. The van der Waals surface area contributed by atoms with Crippen molar-refractivity contribution in [1.29, 1.82) is 0 Å². The van der Waals surface area contributed by atoms with Crippen molar-refractivity contribution in [2.75, 3.05) is 20.3 Å². The van der Waals surface area contributed by atoms with Crippen LogP contribution in [0.15, 0.2) is 36.4 Å². The first-order chi connectivity index (χ1) is 11.5. The Morgan fingerprint density at radius 1 is 1.00 bits per heavy atom. The van der Waals surface area contributed by atoms with E-state index >= 15 is 0 Å². The van der Waals surface area contributed by atoms with Crippen LogP contribution in [0.1, 0.15) is 22.3 Å². The van der Waals surface area contributed by atoms with Gasteiger partial charge in [-0.1, -0.05) is 35.4 Å². The molecule has 24 heavy (non-hydrogen) atoms. The minimum Gasteiger partial charge on any atom is -0.496 e. The highest BCUT2D eigenvalue weighted by molar-refractivity contribution is 5.77. The van der Waals surface area contributed by atoms with Gasteiger partial charge < -0.3 is 14.8 Å². The number of carbonyl (C=O) groups is 1. The molecule has 0 radical (unpaired) electrons. The highest BCUT2D eigenvalue weighted by Crippen LogP contribution is 2.20. The molecule has 0 unspecified atom stereocenters. The Morgan fingerprint density at radius 2 is 1.67 bits per heavy atom. The molecule has 1 amide bonds. The lowest BCUT2D eigenvalue weighted by Crippen LogP contribution is -2.30. The number of aryl methyl sites for hydroxylation is 3. The Morgan fingerprint density at radius 3 is 2.33 bits per heavy atom. The summed E-state index contributed by atoms with van der Waals surface area (Å²) in [5, 5.41) is 2.88. The van der Waals surface area contributed by atoms with Gasteiger partial charge in [-0.15, -0.1) is 0 Å². The molecule has 4 nitrogen and oxygen atoms in total. The minimum absolute atomic E-state index is 0.0227. The van der Waals surface area contributed by atoms with Crippen molar-refractivity contribution >= 4 is 5.91 Å². The summed E-state index contributed by atoms with van der Waals surface area (Å²) in [5.74, 6) is 1.47. The van der Waals surface area contributed by atoms with Crippen LogP contribution < -0.4 is 14.8 Å². The quantitative estimate of drug-likeness (QED) is 0.848. The Labute approximate surface area is 143 Å². The standard InChI is InChI=1S/C20H25NO3/c1-14-5-7-18(16(3)11-14)24-13-20(22)21-10-9-17-12-15(2)6-8-19(17)23-4/h5-8,11-12H,9-10,13H2,1-4H3,(H,21,22). The molecule has 2 rings (SSSR count). The van der Waals surface area contributed by atoms with Crippen LogP contribution >= 0.6 is 0 Å². The Kier molecular flexibility index (Phi) is 6.24. The third kappa shape index (κ3) is 5.01. The van der Waals surface area contributed by atoms with Crippen LogP contribution in [-0.4, -0.2) is 26.2 Å². The normalized spacial score (nSPS) is 10.3. The lowest BCUT2D eigenvalue weighted by Gasteiger charge is -2.12. The highest BCUT2D eigenvalue weighted by atomic mass is 16.5. The van der Waals surface area contributed by atoms with Crippen molar-refractivity contribution in [3.8, 4) is 11.5 Å². The van der Waals surface area contributed by atoms with E-state index in [1.54, 1.807) is 7.11 Å². The molecule has 0 aromatic heterocycles. The third-order valence-electron chi connectivity index (χ3n) is 3.84. The second kappa shape index (κ2) is 8.39. The van der Waals surface area contributed by atoms with Gasteiger partial charge in [0, 0.05) is 6.54 Å². The maximum Gasteiger partial charge on any atom is 0.257 e. The number of nitrogens with one attached hydrogen (secondary N) is 1. The molecule has 0 aliphatic rings. The predicted molar refractivity (Wildman–Crippen MR) is 95.9 cm³/mol. The molecule has 2 aromatic carbocycles. The van der Waals surface area contributed by atoms with Gasteiger partial charge in [0.05, 0.1) is 7.11 Å². The van der Waals surface area contributed by atoms with Crippen molar-refractivity contribution < 1.29 is 14.3 Å². The van der Waals surface area contributed by atoms with Crippen molar-refractivity contribution in [2.24, 2.45) is 0 Å². The van der Waals surface area contributed by atoms with Gasteiger partial charge in [-0.25, -0.2) is 0 Å². The van der Waals surface area contributed by atoms with E-state index in [0.717, 1.165) is 29.0 Å². The van der Waals surface area contributed by atoms with Crippen LogP contribution in [0.3, 0.4) is 0 Å². The maximum atomic E-state index is 11.9. The molecule has 0 atom stereocenters. The molecule has 4 heteroatoms. The molecule has 128 valence electrons. The molecule has 1 N–H and O–H groups in total. The fourth-order valence-electron chi connectivity index (χ4n) is 2.59. The van der Waals surface area contributed by atoms with E-state index in [9.17, 15) is 4.79 Å². The smallest absolute Gasteiger partial charge is 0.257 e.